The first-order valence-electron chi connectivity index (χ1n) is 6.01. The molecule has 102 valence electrons. The average molecular weight is 264 g/mol. The first-order valence-corrected chi connectivity index (χ1v) is 6.01. The Morgan fingerprint density at radius 2 is 1.89 bits per heavy atom. The van der Waals surface area contributed by atoms with Crippen molar-refractivity contribution in [2.45, 2.75) is 19.3 Å². The normalized spacial score (nSPS) is 10.6. The fraction of sp³-hybridized carbons (Fsp3) is 0.385. The Bertz CT molecular complexity index is 539. The minimum Gasteiger partial charge on any atom is -0.504 e. The second-order valence-electron chi connectivity index (χ2n) is 4.07. The number of phenols is 1. The third-order valence-corrected chi connectivity index (χ3v) is 2.71. The summed E-state index contributed by atoms with van der Waals surface area (Å²) in [6.07, 6.45) is 1.64. The number of benzene rings is 1. The zero-order valence-electron chi connectivity index (χ0n) is 10.7. The van der Waals surface area contributed by atoms with Gasteiger partial charge in [0.2, 0.25) is 11.8 Å². The molecule has 0 aliphatic heterocycles. The zero-order valence-corrected chi connectivity index (χ0v) is 10.7. The van der Waals surface area contributed by atoms with Crippen molar-refractivity contribution in [2.24, 2.45) is 0 Å². The summed E-state index contributed by atoms with van der Waals surface area (Å²) in [5.41, 5.74) is 0.959. The monoisotopic (exact) mass is 264 g/mol. The molecule has 1 aromatic heterocycles. The number of aliphatic hydroxyl groups excluding tert-OH is 1. The van der Waals surface area contributed by atoms with Crippen LogP contribution in [0.1, 0.15) is 17.3 Å². The van der Waals surface area contributed by atoms with Crippen LogP contribution in [0.25, 0.3) is 0 Å². The summed E-state index contributed by atoms with van der Waals surface area (Å²) in [5, 5.41) is 26.1. The molecule has 19 heavy (non-hydrogen) atoms. The zero-order chi connectivity index (χ0) is 13.7. The van der Waals surface area contributed by atoms with Crippen LogP contribution in [0.3, 0.4) is 0 Å². The van der Waals surface area contributed by atoms with Crippen LogP contribution >= 0.6 is 0 Å². The Kier molecular flexibility index (Phi) is 4.35. The van der Waals surface area contributed by atoms with E-state index in [0.717, 1.165) is 5.56 Å². The number of hydrogen-bond donors (Lipinski definition) is 2. The third-order valence-electron chi connectivity index (χ3n) is 2.71. The lowest BCUT2D eigenvalue weighted by molar-refractivity contribution is 0.283. The number of aliphatic hydroxyl groups is 1. The molecule has 6 nitrogen and oxygen atoms in total. The molecule has 0 bridgehead atoms. The van der Waals surface area contributed by atoms with Gasteiger partial charge in [0.25, 0.3) is 0 Å². The smallest absolute Gasteiger partial charge is 0.218 e. The SMILES string of the molecule is COc1ccc(CCc2nnc(CCO)o2)cc1O. The van der Waals surface area contributed by atoms with Gasteiger partial charge >= 0.3 is 0 Å². The summed E-state index contributed by atoms with van der Waals surface area (Å²) < 4.78 is 10.3. The Hall–Kier alpha value is -2.08. The maximum Gasteiger partial charge on any atom is 0.218 e. The van der Waals surface area contributed by atoms with Crippen molar-refractivity contribution in [2.75, 3.05) is 13.7 Å². The molecule has 2 N–H and O–H groups in total. The molecular weight excluding hydrogens is 248 g/mol. The number of ether oxygens (including phenoxy) is 1. The van der Waals surface area contributed by atoms with Crippen LogP contribution in [0.5, 0.6) is 11.5 Å². The van der Waals surface area contributed by atoms with Crippen LogP contribution in [-0.2, 0) is 19.3 Å². The molecule has 0 amide bonds. The quantitative estimate of drug-likeness (QED) is 0.812. The molecule has 1 heterocycles. The van der Waals surface area contributed by atoms with Gasteiger partial charge in [-0.15, -0.1) is 10.2 Å². The molecule has 0 fully saturated rings. The van der Waals surface area contributed by atoms with Gasteiger partial charge in [-0.2, -0.15) is 0 Å². The van der Waals surface area contributed by atoms with Crippen molar-refractivity contribution in [1.82, 2.24) is 10.2 Å². The minimum absolute atomic E-state index is 0.00597. The lowest BCUT2D eigenvalue weighted by atomic mass is 10.1. The molecule has 0 aliphatic carbocycles. The molecule has 0 atom stereocenters. The Labute approximate surface area is 110 Å². The highest BCUT2D eigenvalue weighted by Crippen LogP contribution is 2.26. The van der Waals surface area contributed by atoms with Crippen LogP contribution in [0.2, 0.25) is 0 Å². The number of hydrogen-bond acceptors (Lipinski definition) is 6. The summed E-state index contributed by atoms with van der Waals surface area (Å²) in [5.74, 6) is 1.53. The number of aromatic nitrogens is 2. The fourth-order valence-corrected chi connectivity index (χ4v) is 1.73. The largest absolute Gasteiger partial charge is 0.504 e. The van der Waals surface area contributed by atoms with Gasteiger partial charge in [0.1, 0.15) is 0 Å². The van der Waals surface area contributed by atoms with E-state index in [2.05, 4.69) is 10.2 Å². The number of phenolic OH excluding ortho intramolecular Hbond substituents is 1. The predicted octanol–water partition coefficient (Wildman–Crippen LogP) is 1.10. The summed E-state index contributed by atoms with van der Waals surface area (Å²) in [6.45, 7) is -0.00597. The summed E-state index contributed by atoms with van der Waals surface area (Å²) in [4.78, 5) is 0. The van der Waals surface area contributed by atoms with Crippen molar-refractivity contribution < 1.29 is 19.4 Å². The van der Waals surface area contributed by atoms with E-state index in [-0.39, 0.29) is 12.4 Å². The molecule has 1 aromatic carbocycles. The van der Waals surface area contributed by atoms with Gasteiger partial charge in [-0.3, -0.25) is 0 Å². The van der Waals surface area contributed by atoms with Gasteiger partial charge in [-0.1, -0.05) is 6.07 Å². The topological polar surface area (TPSA) is 88.6 Å². The van der Waals surface area contributed by atoms with Gasteiger partial charge in [0.05, 0.1) is 13.7 Å². The van der Waals surface area contributed by atoms with Crippen LogP contribution in [-0.4, -0.2) is 34.1 Å². The second-order valence-corrected chi connectivity index (χ2v) is 4.07. The van der Waals surface area contributed by atoms with E-state index in [0.29, 0.717) is 36.8 Å². The molecule has 0 saturated heterocycles. The van der Waals surface area contributed by atoms with E-state index < -0.39 is 0 Å². The van der Waals surface area contributed by atoms with E-state index in [1.807, 2.05) is 6.07 Å². The van der Waals surface area contributed by atoms with E-state index in [1.54, 1.807) is 12.1 Å². The molecule has 0 aliphatic rings. The Balaban J connectivity index is 1.95. The van der Waals surface area contributed by atoms with E-state index in [1.165, 1.54) is 7.11 Å². The van der Waals surface area contributed by atoms with Crippen molar-refractivity contribution in [3.05, 3.63) is 35.5 Å². The number of aryl methyl sites for hydroxylation is 2. The molecular formula is C13H16N2O4. The lowest BCUT2D eigenvalue weighted by Crippen LogP contribution is -1.92. The van der Waals surface area contributed by atoms with Crippen molar-refractivity contribution in [1.29, 1.82) is 0 Å². The van der Waals surface area contributed by atoms with Gasteiger partial charge < -0.3 is 19.4 Å². The number of aromatic hydroxyl groups is 1. The first-order chi connectivity index (χ1) is 9.22. The van der Waals surface area contributed by atoms with Gasteiger partial charge in [-0.25, -0.2) is 0 Å². The van der Waals surface area contributed by atoms with Crippen LogP contribution in [0.4, 0.5) is 0 Å². The molecule has 6 heteroatoms. The highest BCUT2D eigenvalue weighted by atomic mass is 16.5. The number of methoxy groups -OCH3 is 1. The average Bonchev–Trinajstić information content (AvgIpc) is 2.85. The third kappa shape index (κ3) is 3.45. The van der Waals surface area contributed by atoms with Gasteiger partial charge in [0, 0.05) is 12.8 Å². The number of rotatable bonds is 6. The molecule has 0 spiro atoms. The standard InChI is InChI=1S/C13H16N2O4/c1-18-11-4-2-9(8-10(11)17)3-5-12-14-15-13(19-12)6-7-16/h2,4,8,16-17H,3,5-7H2,1H3. The highest BCUT2D eigenvalue weighted by Gasteiger charge is 2.07. The van der Waals surface area contributed by atoms with Gasteiger partial charge in [-0.05, 0) is 24.1 Å². The second kappa shape index (κ2) is 6.19. The summed E-state index contributed by atoms with van der Waals surface area (Å²) in [7, 11) is 1.51. The molecule has 0 unspecified atom stereocenters. The molecule has 2 aromatic rings. The highest BCUT2D eigenvalue weighted by molar-refractivity contribution is 5.41. The maximum absolute atomic E-state index is 9.66. The predicted molar refractivity (Wildman–Crippen MR) is 67.2 cm³/mol. The van der Waals surface area contributed by atoms with Crippen LogP contribution in [0.15, 0.2) is 22.6 Å². The van der Waals surface area contributed by atoms with Crippen molar-refractivity contribution >= 4 is 0 Å². The maximum atomic E-state index is 9.66. The van der Waals surface area contributed by atoms with Crippen LogP contribution in [0, 0.1) is 0 Å². The van der Waals surface area contributed by atoms with Gasteiger partial charge in [0.15, 0.2) is 11.5 Å². The van der Waals surface area contributed by atoms with Crippen LogP contribution < -0.4 is 4.74 Å². The Morgan fingerprint density at radius 1 is 1.16 bits per heavy atom. The Morgan fingerprint density at radius 3 is 2.53 bits per heavy atom. The summed E-state index contributed by atoms with van der Waals surface area (Å²) >= 11 is 0. The molecule has 2 rings (SSSR count). The molecule has 0 saturated carbocycles. The van der Waals surface area contributed by atoms with E-state index in [4.69, 9.17) is 14.3 Å². The van der Waals surface area contributed by atoms with Crippen molar-refractivity contribution in [3.63, 3.8) is 0 Å². The van der Waals surface area contributed by atoms with Crippen molar-refractivity contribution in [3.8, 4) is 11.5 Å². The summed E-state index contributed by atoms with van der Waals surface area (Å²) in [6, 6.07) is 5.25. The lowest BCUT2D eigenvalue weighted by Gasteiger charge is -2.05. The van der Waals surface area contributed by atoms with E-state index in [9.17, 15) is 5.11 Å². The fourth-order valence-electron chi connectivity index (χ4n) is 1.73. The first kappa shape index (κ1) is 13.4. The molecule has 0 radical (unpaired) electrons. The van der Waals surface area contributed by atoms with E-state index >= 15 is 0 Å². The minimum atomic E-state index is -0.00597. The number of nitrogens with zero attached hydrogens (tertiary/aromatic N) is 2.